The van der Waals surface area contributed by atoms with E-state index < -0.39 is 0 Å². The number of hydrogen-bond donors (Lipinski definition) is 1. The summed E-state index contributed by atoms with van der Waals surface area (Å²) in [5.41, 5.74) is 3.77. The SMILES string of the molecule is C[C@]12CC[C@@H]3c4ccc(OCCCN5CCC(O)C5)cc4CC[C@H]3[C@@H]1CC[C@@H]2N1CCCC1. The van der Waals surface area contributed by atoms with Crippen LogP contribution in [0.15, 0.2) is 18.2 Å². The van der Waals surface area contributed by atoms with Gasteiger partial charge in [-0.15, -0.1) is 0 Å². The summed E-state index contributed by atoms with van der Waals surface area (Å²) in [5, 5.41) is 9.68. The lowest BCUT2D eigenvalue weighted by atomic mass is 9.55. The lowest BCUT2D eigenvalue weighted by Gasteiger charge is -2.52. The van der Waals surface area contributed by atoms with Crippen LogP contribution in [-0.2, 0) is 6.42 Å². The van der Waals surface area contributed by atoms with Gasteiger partial charge in [0.25, 0.3) is 0 Å². The molecule has 4 heteroatoms. The van der Waals surface area contributed by atoms with E-state index >= 15 is 0 Å². The molecular formula is C29H44N2O2. The summed E-state index contributed by atoms with van der Waals surface area (Å²) in [6, 6.07) is 7.89. The summed E-state index contributed by atoms with van der Waals surface area (Å²) in [6.07, 6.45) is 13.0. The van der Waals surface area contributed by atoms with Gasteiger partial charge in [-0.05, 0) is 124 Å². The lowest BCUT2D eigenvalue weighted by molar-refractivity contribution is 0.00683. The Bertz CT molecular complexity index is 837. The predicted octanol–water partition coefficient (Wildman–Crippen LogP) is 4.84. The average Bonchev–Trinajstić information content (AvgIpc) is 3.56. The number of aliphatic hydroxyl groups excluding tert-OH is 1. The molecule has 6 atom stereocenters. The monoisotopic (exact) mass is 452 g/mol. The standard InChI is InChI=1S/C29H44N2O2/c1-29-13-11-25-24-8-6-23(33-18-4-14-30-17-12-22(32)20-30)19-21(24)5-7-26(25)27(29)9-10-28(29)31-15-2-3-16-31/h6,8,19,22,25-28,32H,2-5,7,9-18,20H2,1H3/t22?,25-,26-,27+,28+,29+/m1/s1. The van der Waals surface area contributed by atoms with Crippen LogP contribution in [-0.4, -0.2) is 66.4 Å². The van der Waals surface area contributed by atoms with E-state index in [1.165, 1.54) is 64.5 Å². The van der Waals surface area contributed by atoms with E-state index in [2.05, 4.69) is 34.9 Å². The van der Waals surface area contributed by atoms with Crippen LogP contribution in [0.2, 0.25) is 0 Å². The van der Waals surface area contributed by atoms with E-state index in [1.54, 1.807) is 11.1 Å². The number of fused-ring (bicyclic) bond motifs is 5. The number of rotatable bonds is 6. The number of aliphatic hydroxyl groups is 1. The zero-order valence-electron chi connectivity index (χ0n) is 20.7. The van der Waals surface area contributed by atoms with Gasteiger partial charge in [0.1, 0.15) is 5.75 Å². The molecule has 1 N–H and O–H groups in total. The molecule has 2 aliphatic heterocycles. The Morgan fingerprint density at radius 1 is 1.06 bits per heavy atom. The Kier molecular flexibility index (Phi) is 6.21. The molecule has 182 valence electrons. The van der Waals surface area contributed by atoms with Gasteiger partial charge in [0, 0.05) is 25.7 Å². The molecule has 2 heterocycles. The third-order valence-corrected chi connectivity index (χ3v) is 10.4. The number of aryl methyl sites for hydroxylation is 1. The van der Waals surface area contributed by atoms with Crippen LogP contribution >= 0.6 is 0 Å². The highest BCUT2D eigenvalue weighted by atomic mass is 16.5. The minimum Gasteiger partial charge on any atom is -0.494 e. The van der Waals surface area contributed by atoms with E-state index in [4.69, 9.17) is 4.74 Å². The lowest BCUT2D eigenvalue weighted by Crippen LogP contribution is -2.49. The maximum atomic E-state index is 9.68. The fourth-order valence-corrected chi connectivity index (χ4v) is 8.77. The summed E-state index contributed by atoms with van der Waals surface area (Å²) in [5.74, 6) is 3.66. The minimum atomic E-state index is -0.122. The Morgan fingerprint density at radius 3 is 2.76 bits per heavy atom. The van der Waals surface area contributed by atoms with Crippen molar-refractivity contribution >= 4 is 0 Å². The zero-order valence-corrected chi connectivity index (χ0v) is 20.7. The Balaban J connectivity index is 1.08. The summed E-state index contributed by atoms with van der Waals surface area (Å²) in [6.45, 7) is 9.04. The molecule has 0 radical (unpaired) electrons. The van der Waals surface area contributed by atoms with Gasteiger partial charge in [-0.25, -0.2) is 0 Å². The van der Waals surface area contributed by atoms with Crippen LogP contribution in [0.4, 0.5) is 0 Å². The van der Waals surface area contributed by atoms with Crippen LogP contribution in [0.5, 0.6) is 5.75 Å². The summed E-state index contributed by atoms with van der Waals surface area (Å²) >= 11 is 0. The third kappa shape index (κ3) is 4.15. The topological polar surface area (TPSA) is 35.9 Å². The van der Waals surface area contributed by atoms with Gasteiger partial charge in [-0.1, -0.05) is 13.0 Å². The van der Waals surface area contributed by atoms with E-state index in [-0.39, 0.29) is 6.10 Å². The highest BCUT2D eigenvalue weighted by Gasteiger charge is 2.56. The van der Waals surface area contributed by atoms with Gasteiger partial charge in [-0.2, -0.15) is 0 Å². The highest BCUT2D eigenvalue weighted by molar-refractivity contribution is 5.40. The number of nitrogens with zero attached hydrogens (tertiary/aromatic N) is 2. The molecule has 0 bridgehead atoms. The molecule has 5 aliphatic rings. The van der Waals surface area contributed by atoms with Gasteiger partial charge >= 0.3 is 0 Å². The zero-order chi connectivity index (χ0) is 22.4. The van der Waals surface area contributed by atoms with Gasteiger partial charge < -0.3 is 14.7 Å². The third-order valence-electron chi connectivity index (χ3n) is 10.4. The van der Waals surface area contributed by atoms with Crippen molar-refractivity contribution in [1.82, 2.24) is 9.80 Å². The number of β-amino-alcohol motifs (C(OH)–C–C–N with tert-alkyl or cyclic N) is 1. The van der Waals surface area contributed by atoms with Crippen molar-refractivity contribution in [2.24, 2.45) is 17.3 Å². The summed E-state index contributed by atoms with van der Waals surface area (Å²) < 4.78 is 6.16. The molecule has 1 aromatic rings. The first-order valence-corrected chi connectivity index (χ1v) is 14.0. The quantitative estimate of drug-likeness (QED) is 0.627. The molecule has 2 saturated heterocycles. The molecule has 2 saturated carbocycles. The van der Waals surface area contributed by atoms with E-state index in [1.807, 2.05) is 0 Å². The fourth-order valence-electron chi connectivity index (χ4n) is 8.77. The second kappa shape index (κ2) is 9.17. The number of benzene rings is 1. The largest absolute Gasteiger partial charge is 0.494 e. The van der Waals surface area contributed by atoms with Crippen LogP contribution < -0.4 is 4.74 Å². The van der Waals surface area contributed by atoms with E-state index in [0.29, 0.717) is 5.41 Å². The van der Waals surface area contributed by atoms with Crippen molar-refractivity contribution in [2.45, 2.75) is 89.2 Å². The number of likely N-dealkylation sites (tertiary alicyclic amines) is 2. The molecule has 0 amide bonds. The van der Waals surface area contributed by atoms with Crippen molar-refractivity contribution in [1.29, 1.82) is 0 Å². The van der Waals surface area contributed by atoms with Crippen LogP contribution in [0.25, 0.3) is 0 Å². The Hall–Kier alpha value is -1.10. The van der Waals surface area contributed by atoms with Crippen LogP contribution in [0, 0.1) is 17.3 Å². The van der Waals surface area contributed by atoms with Crippen molar-refractivity contribution in [3.63, 3.8) is 0 Å². The molecule has 3 aliphatic carbocycles. The van der Waals surface area contributed by atoms with E-state index in [9.17, 15) is 5.11 Å². The molecule has 1 aromatic carbocycles. The maximum absolute atomic E-state index is 9.68. The van der Waals surface area contributed by atoms with E-state index in [0.717, 1.165) is 68.6 Å². The second-order valence-electron chi connectivity index (χ2n) is 12.1. The molecule has 0 spiro atoms. The maximum Gasteiger partial charge on any atom is 0.119 e. The van der Waals surface area contributed by atoms with Gasteiger partial charge in [0.15, 0.2) is 0 Å². The minimum absolute atomic E-state index is 0.122. The second-order valence-corrected chi connectivity index (χ2v) is 12.1. The van der Waals surface area contributed by atoms with Gasteiger partial charge in [0.2, 0.25) is 0 Å². The number of ether oxygens (including phenoxy) is 1. The normalized spacial score (nSPS) is 38.8. The first-order chi connectivity index (χ1) is 16.1. The molecular weight excluding hydrogens is 408 g/mol. The van der Waals surface area contributed by atoms with Crippen LogP contribution in [0.1, 0.15) is 81.8 Å². The Labute approximate surface area is 200 Å². The molecule has 0 aromatic heterocycles. The van der Waals surface area contributed by atoms with Gasteiger partial charge in [0.05, 0.1) is 12.7 Å². The first-order valence-electron chi connectivity index (χ1n) is 14.0. The van der Waals surface area contributed by atoms with Crippen molar-refractivity contribution in [2.75, 3.05) is 39.3 Å². The number of hydrogen-bond acceptors (Lipinski definition) is 4. The molecule has 1 unspecified atom stereocenters. The smallest absolute Gasteiger partial charge is 0.119 e. The summed E-state index contributed by atoms with van der Waals surface area (Å²) in [4.78, 5) is 5.22. The highest BCUT2D eigenvalue weighted by Crippen LogP contribution is 2.62. The molecule has 4 nitrogen and oxygen atoms in total. The van der Waals surface area contributed by atoms with Gasteiger partial charge in [-0.3, -0.25) is 4.90 Å². The average molecular weight is 453 g/mol. The van der Waals surface area contributed by atoms with Crippen molar-refractivity contribution < 1.29 is 9.84 Å². The fraction of sp³-hybridized carbons (Fsp3) is 0.793. The molecule has 4 fully saturated rings. The van der Waals surface area contributed by atoms with Crippen LogP contribution in [0.3, 0.4) is 0 Å². The van der Waals surface area contributed by atoms with Crippen molar-refractivity contribution in [3.8, 4) is 5.75 Å². The van der Waals surface area contributed by atoms with Crippen molar-refractivity contribution in [3.05, 3.63) is 29.3 Å². The molecule has 33 heavy (non-hydrogen) atoms. The predicted molar refractivity (Wildman–Crippen MR) is 133 cm³/mol. The summed E-state index contributed by atoms with van der Waals surface area (Å²) in [7, 11) is 0. The first kappa shape index (κ1) is 22.4. The molecule has 6 rings (SSSR count). The Morgan fingerprint density at radius 2 is 1.94 bits per heavy atom.